The van der Waals surface area contributed by atoms with Gasteiger partial charge in [-0.2, -0.15) is 0 Å². The first kappa shape index (κ1) is 16.8. The summed E-state index contributed by atoms with van der Waals surface area (Å²) >= 11 is 0. The Balaban J connectivity index is 2.45. The van der Waals surface area contributed by atoms with Gasteiger partial charge in [0.05, 0.1) is 0 Å². The van der Waals surface area contributed by atoms with Crippen molar-refractivity contribution in [3.8, 4) is 0 Å². The summed E-state index contributed by atoms with van der Waals surface area (Å²) in [7, 11) is 1.86. The minimum atomic E-state index is -0.748. The van der Waals surface area contributed by atoms with Crippen LogP contribution in [0.25, 0.3) is 0 Å². The summed E-state index contributed by atoms with van der Waals surface area (Å²) in [5.41, 5.74) is 0. The molecule has 116 valence electrons. The van der Waals surface area contributed by atoms with Crippen LogP contribution in [0.5, 0.6) is 0 Å². The van der Waals surface area contributed by atoms with Crippen molar-refractivity contribution < 1.29 is 14.7 Å². The second kappa shape index (κ2) is 8.12. The van der Waals surface area contributed by atoms with Crippen molar-refractivity contribution in [3.63, 3.8) is 0 Å². The van der Waals surface area contributed by atoms with Crippen LogP contribution in [0.15, 0.2) is 0 Å². The highest BCUT2D eigenvalue weighted by Crippen LogP contribution is 2.22. The van der Waals surface area contributed by atoms with Crippen molar-refractivity contribution in [3.05, 3.63) is 0 Å². The third kappa shape index (κ3) is 5.39. The number of amides is 2. The first-order chi connectivity index (χ1) is 9.43. The minimum Gasteiger partial charge on any atom is -0.481 e. The average Bonchev–Trinajstić information content (AvgIpc) is 2.44. The van der Waals surface area contributed by atoms with Gasteiger partial charge in [0.25, 0.3) is 0 Å². The molecule has 1 saturated heterocycles. The smallest absolute Gasteiger partial charge is 0.319 e. The highest BCUT2D eigenvalue weighted by atomic mass is 16.4. The van der Waals surface area contributed by atoms with Gasteiger partial charge in [0.1, 0.15) is 0 Å². The van der Waals surface area contributed by atoms with Crippen LogP contribution in [0.4, 0.5) is 4.79 Å². The van der Waals surface area contributed by atoms with Crippen LogP contribution in [-0.4, -0.2) is 53.6 Å². The van der Waals surface area contributed by atoms with Gasteiger partial charge in [0.2, 0.25) is 0 Å². The SMILES string of the molecule is CCC(C)CN(C)C(=O)N1CCCC(CCC(=O)O)C1. The molecule has 2 atom stereocenters. The molecule has 1 heterocycles. The zero-order valence-corrected chi connectivity index (χ0v) is 13.0. The first-order valence-corrected chi connectivity index (χ1v) is 7.65. The Morgan fingerprint density at radius 2 is 2.15 bits per heavy atom. The highest BCUT2D eigenvalue weighted by molar-refractivity contribution is 5.74. The quantitative estimate of drug-likeness (QED) is 0.815. The maximum atomic E-state index is 12.4. The molecule has 0 radical (unpaired) electrons. The van der Waals surface area contributed by atoms with E-state index >= 15 is 0 Å². The molecule has 1 aliphatic rings. The number of aliphatic carboxylic acids is 1. The molecule has 5 heteroatoms. The lowest BCUT2D eigenvalue weighted by molar-refractivity contribution is -0.137. The van der Waals surface area contributed by atoms with Crippen molar-refractivity contribution in [2.75, 3.05) is 26.7 Å². The van der Waals surface area contributed by atoms with Crippen LogP contribution in [0.3, 0.4) is 0 Å². The van der Waals surface area contributed by atoms with Crippen molar-refractivity contribution in [1.82, 2.24) is 9.80 Å². The van der Waals surface area contributed by atoms with Gasteiger partial charge in [-0.15, -0.1) is 0 Å². The Labute approximate surface area is 121 Å². The van der Waals surface area contributed by atoms with Crippen LogP contribution >= 0.6 is 0 Å². The van der Waals surface area contributed by atoms with Gasteiger partial charge in [0, 0.05) is 33.1 Å². The second-order valence-corrected chi connectivity index (χ2v) is 6.06. The number of urea groups is 1. The third-order valence-corrected chi connectivity index (χ3v) is 4.16. The average molecular weight is 284 g/mol. The van der Waals surface area contributed by atoms with E-state index in [-0.39, 0.29) is 12.5 Å². The van der Waals surface area contributed by atoms with E-state index in [1.807, 2.05) is 11.9 Å². The fraction of sp³-hybridized carbons (Fsp3) is 0.867. The molecular weight excluding hydrogens is 256 g/mol. The van der Waals surface area contributed by atoms with E-state index in [0.29, 0.717) is 24.8 Å². The van der Waals surface area contributed by atoms with E-state index in [0.717, 1.165) is 32.4 Å². The van der Waals surface area contributed by atoms with E-state index in [2.05, 4.69) is 13.8 Å². The summed E-state index contributed by atoms with van der Waals surface area (Å²) in [4.78, 5) is 26.7. The summed E-state index contributed by atoms with van der Waals surface area (Å²) < 4.78 is 0. The maximum Gasteiger partial charge on any atom is 0.319 e. The number of carboxylic acids is 1. The zero-order chi connectivity index (χ0) is 15.1. The van der Waals surface area contributed by atoms with Gasteiger partial charge in [-0.1, -0.05) is 20.3 Å². The van der Waals surface area contributed by atoms with Crippen molar-refractivity contribution in [1.29, 1.82) is 0 Å². The molecule has 1 rings (SSSR count). The van der Waals surface area contributed by atoms with Gasteiger partial charge in [-0.25, -0.2) is 4.79 Å². The summed E-state index contributed by atoms with van der Waals surface area (Å²) in [5, 5.41) is 8.74. The van der Waals surface area contributed by atoms with Gasteiger partial charge in [-0.05, 0) is 31.1 Å². The Hall–Kier alpha value is -1.26. The largest absolute Gasteiger partial charge is 0.481 e. The van der Waals surface area contributed by atoms with Gasteiger partial charge < -0.3 is 14.9 Å². The predicted molar refractivity (Wildman–Crippen MR) is 78.6 cm³/mol. The molecule has 0 aromatic carbocycles. The molecular formula is C15H28N2O3. The van der Waals surface area contributed by atoms with E-state index < -0.39 is 5.97 Å². The Kier molecular flexibility index (Phi) is 6.82. The van der Waals surface area contributed by atoms with Crippen LogP contribution in [-0.2, 0) is 4.79 Å². The monoisotopic (exact) mass is 284 g/mol. The number of nitrogens with zero attached hydrogens (tertiary/aromatic N) is 2. The fourth-order valence-electron chi connectivity index (χ4n) is 2.72. The van der Waals surface area contributed by atoms with Crippen LogP contribution in [0, 0.1) is 11.8 Å². The second-order valence-electron chi connectivity index (χ2n) is 6.06. The number of likely N-dealkylation sites (tertiary alicyclic amines) is 1. The lowest BCUT2D eigenvalue weighted by Crippen LogP contribution is -2.47. The van der Waals surface area contributed by atoms with Crippen molar-refractivity contribution >= 4 is 12.0 Å². The molecule has 0 aliphatic carbocycles. The highest BCUT2D eigenvalue weighted by Gasteiger charge is 2.26. The van der Waals surface area contributed by atoms with E-state index in [9.17, 15) is 9.59 Å². The third-order valence-electron chi connectivity index (χ3n) is 4.16. The molecule has 0 spiro atoms. The van der Waals surface area contributed by atoms with Gasteiger partial charge in [-0.3, -0.25) is 4.79 Å². The van der Waals surface area contributed by atoms with E-state index in [4.69, 9.17) is 5.11 Å². The summed E-state index contributed by atoms with van der Waals surface area (Å²) in [5.74, 6) is 0.0969. The molecule has 1 aliphatic heterocycles. The molecule has 5 nitrogen and oxygen atoms in total. The number of hydrogen-bond donors (Lipinski definition) is 1. The zero-order valence-electron chi connectivity index (χ0n) is 13.0. The maximum absolute atomic E-state index is 12.4. The lowest BCUT2D eigenvalue weighted by atomic mass is 9.93. The summed E-state index contributed by atoms with van der Waals surface area (Å²) in [6.45, 7) is 6.57. The normalized spacial score (nSPS) is 20.6. The number of carboxylic acid groups (broad SMARTS) is 1. The Bertz CT molecular complexity index is 333. The van der Waals surface area contributed by atoms with E-state index in [1.54, 1.807) is 4.90 Å². The molecule has 1 N–H and O–H groups in total. The molecule has 20 heavy (non-hydrogen) atoms. The Morgan fingerprint density at radius 3 is 2.75 bits per heavy atom. The molecule has 2 amide bonds. The van der Waals surface area contributed by atoms with Crippen LogP contribution < -0.4 is 0 Å². The Morgan fingerprint density at radius 1 is 1.45 bits per heavy atom. The summed E-state index contributed by atoms with van der Waals surface area (Å²) in [6, 6.07) is 0.0883. The fourth-order valence-corrected chi connectivity index (χ4v) is 2.72. The van der Waals surface area contributed by atoms with E-state index in [1.165, 1.54) is 0 Å². The summed E-state index contributed by atoms with van der Waals surface area (Å²) in [6.07, 6.45) is 3.96. The molecule has 2 unspecified atom stereocenters. The number of piperidine rings is 1. The predicted octanol–water partition coefficient (Wildman–Crippen LogP) is 2.66. The molecule has 0 aromatic heterocycles. The first-order valence-electron chi connectivity index (χ1n) is 7.65. The van der Waals surface area contributed by atoms with Crippen LogP contribution in [0.1, 0.15) is 46.0 Å². The molecule has 1 fully saturated rings. The van der Waals surface area contributed by atoms with Gasteiger partial charge >= 0.3 is 12.0 Å². The number of carbonyl (C=O) groups is 2. The van der Waals surface area contributed by atoms with Crippen LogP contribution in [0.2, 0.25) is 0 Å². The molecule has 0 saturated carbocycles. The number of rotatable bonds is 6. The topological polar surface area (TPSA) is 60.9 Å². The molecule has 0 bridgehead atoms. The standard InChI is InChI=1S/C15H28N2O3/c1-4-12(2)10-16(3)15(20)17-9-5-6-13(11-17)7-8-14(18)19/h12-13H,4-11H2,1-3H3,(H,18,19). The van der Waals surface area contributed by atoms with Crippen molar-refractivity contribution in [2.45, 2.75) is 46.0 Å². The van der Waals surface area contributed by atoms with Gasteiger partial charge in [0.15, 0.2) is 0 Å². The van der Waals surface area contributed by atoms with Crippen molar-refractivity contribution in [2.24, 2.45) is 11.8 Å². The minimum absolute atomic E-state index is 0.0883. The number of hydrogen-bond acceptors (Lipinski definition) is 2. The lowest BCUT2D eigenvalue weighted by Gasteiger charge is -2.35. The molecule has 0 aromatic rings. The number of carbonyl (C=O) groups excluding carboxylic acids is 1.